The van der Waals surface area contributed by atoms with Crippen molar-refractivity contribution < 1.29 is 4.52 Å². The summed E-state index contributed by atoms with van der Waals surface area (Å²) in [5.41, 5.74) is 7.53. The van der Waals surface area contributed by atoms with Gasteiger partial charge < -0.3 is 10.3 Å². The molecule has 0 saturated carbocycles. The van der Waals surface area contributed by atoms with E-state index in [0.29, 0.717) is 11.6 Å². The maximum atomic E-state index is 5.76. The van der Waals surface area contributed by atoms with Gasteiger partial charge in [-0.25, -0.2) is 4.98 Å². The highest BCUT2D eigenvalue weighted by Gasteiger charge is 2.20. The molecule has 0 unspecified atom stereocenters. The molecule has 2 heterocycles. The molecule has 0 amide bonds. The van der Waals surface area contributed by atoms with Gasteiger partial charge in [0.05, 0.1) is 5.01 Å². The van der Waals surface area contributed by atoms with Crippen LogP contribution in [0.2, 0.25) is 0 Å². The summed E-state index contributed by atoms with van der Waals surface area (Å²) in [6.07, 6.45) is 0. The van der Waals surface area contributed by atoms with Crippen LogP contribution in [0.25, 0.3) is 11.5 Å². The number of aryl methyl sites for hydroxylation is 1. The first kappa shape index (κ1) is 10.2. The topological polar surface area (TPSA) is 64.9 Å². The van der Waals surface area contributed by atoms with Crippen molar-refractivity contribution in [3.05, 3.63) is 16.0 Å². The standard InChI is InChI=1S/C10H13N3OS/c1-5(2)8-9(14-13-10(8)11)7-4-15-6(3)12-7/h4-5H,1-3H3,(H2,11,13). The molecule has 0 spiro atoms. The molecule has 0 saturated heterocycles. The lowest BCUT2D eigenvalue weighted by Gasteiger charge is -2.02. The monoisotopic (exact) mass is 223 g/mol. The summed E-state index contributed by atoms with van der Waals surface area (Å²) >= 11 is 1.59. The molecule has 2 aromatic rings. The summed E-state index contributed by atoms with van der Waals surface area (Å²) in [5, 5.41) is 6.76. The first-order valence-corrected chi connectivity index (χ1v) is 5.65. The Labute approximate surface area is 92.1 Å². The number of nitrogens with two attached hydrogens (primary N) is 1. The number of rotatable bonds is 2. The fourth-order valence-electron chi connectivity index (χ4n) is 1.52. The lowest BCUT2D eigenvalue weighted by molar-refractivity contribution is 0.433. The Morgan fingerprint density at radius 3 is 2.73 bits per heavy atom. The van der Waals surface area contributed by atoms with Crippen molar-refractivity contribution in [2.75, 3.05) is 5.73 Å². The molecule has 5 heteroatoms. The molecule has 0 aromatic carbocycles. The summed E-state index contributed by atoms with van der Waals surface area (Å²) < 4.78 is 5.23. The summed E-state index contributed by atoms with van der Waals surface area (Å²) in [5.74, 6) is 1.45. The first-order chi connectivity index (χ1) is 7.09. The van der Waals surface area contributed by atoms with E-state index in [1.165, 1.54) is 0 Å². The van der Waals surface area contributed by atoms with Crippen LogP contribution in [-0.2, 0) is 0 Å². The Balaban J connectivity index is 2.53. The Bertz CT molecular complexity index is 473. The van der Waals surface area contributed by atoms with Crippen LogP contribution in [0.3, 0.4) is 0 Å². The third kappa shape index (κ3) is 1.74. The molecule has 0 bridgehead atoms. The van der Waals surface area contributed by atoms with Gasteiger partial charge in [-0.05, 0) is 12.8 Å². The predicted octanol–water partition coefficient (Wildman–Crippen LogP) is 2.81. The van der Waals surface area contributed by atoms with Crippen molar-refractivity contribution in [1.82, 2.24) is 10.1 Å². The SMILES string of the molecule is Cc1nc(-c2onc(N)c2C(C)C)cs1. The molecule has 0 fully saturated rings. The van der Waals surface area contributed by atoms with Crippen LogP contribution < -0.4 is 5.73 Å². The van der Waals surface area contributed by atoms with Crippen molar-refractivity contribution in [3.8, 4) is 11.5 Å². The predicted molar refractivity (Wildman–Crippen MR) is 60.8 cm³/mol. The van der Waals surface area contributed by atoms with Crippen LogP contribution in [0, 0.1) is 6.92 Å². The highest BCUT2D eigenvalue weighted by molar-refractivity contribution is 7.09. The molecule has 80 valence electrons. The first-order valence-electron chi connectivity index (χ1n) is 4.77. The van der Waals surface area contributed by atoms with E-state index in [1.54, 1.807) is 11.3 Å². The molecule has 0 radical (unpaired) electrons. The van der Waals surface area contributed by atoms with E-state index >= 15 is 0 Å². The van der Waals surface area contributed by atoms with E-state index in [-0.39, 0.29) is 5.92 Å². The zero-order valence-electron chi connectivity index (χ0n) is 8.94. The summed E-state index contributed by atoms with van der Waals surface area (Å²) in [6.45, 7) is 6.08. The molecule has 15 heavy (non-hydrogen) atoms. The quantitative estimate of drug-likeness (QED) is 0.850. The number of thiazole rings is 1. The number of hydrogen-bond acceptors (Lipinski definition) is 5. The van der Waals surface area contributed by atoms with E-state index in [4.69, 9.17) is 10.3 Å². The van der Waals surface area contributed by atoms with E-state index in [2.05, 4.69) is 24.0 Å². The van der Waals surface area contributed by atoms with Crippen molar-refractivity contribution in [2.24, 2.45) is 0 Å². The fraction of sp³-hybridized carbons (Fsp3) is 0.400. The average Bonchev–Trinajstić information content (AvgIpc) is 2.71. The molecule has 0 aliphatic rings. The largest absolute Gasteiger partial charge is 0.381 e. The van der Waals surface area contributed by atoms with Crippen molar-refractivity contribution >= 4 is 17.2 Å². The molecule has 4 nitrogen and oxygen atoms in total. The lowest BCUT2D eigenvalue weighted by atomic mass is 10.0. The molecule has 2 N–H and O–H groups in total. The molecule has 0 aliphatic heterocycles. The lowest BCUT2D eigenvalue weighted by Crippen LogP contribution is -1.95. The zero-order chi connectivity index (χ0) is 11.0. The van der Waals surface area contributed by atoms with Gasteiger partial charge >= 0.3 is 0 Å². The second-order valence-corrected chi connectivity index (χ2v) is 4.78. The Hall–Kier alpha value is -1.36. The van der Waals surface area contributed by atoms with Gasteiger partial charge in [0, 0.05) is 10.9 Å². The second kappa shape index (κ2) is 3.66. The van der Waals surface area contributed by atoms with Crippen LogP contribution in [0.5, 0.6) is 0 Å². The fourth-order valence-corrected chi connectivity index (χ4v) is 2.11. The smallest absolute Gasteiger partial charge is 0.191 e. The van der Waals surface area contributed by atoms with Gasteiger partial charge in [0.1, 0.15) is 5.69 Å². The van der Waals surface area contributed by atoms with E-state index < -0.39 is 0 Å². The highest BCUT2D eigenvalue weighted by atomic mass is 32.1. The molecular formula is C10H13N3OS. The maximum absolute atomic E-state index is 5.76. The van der Waals surface area contributed by atoms with Crippen LogP contribution >= 0.6 is 11.3 Å². The third-order valence-electron chi connectivity index (χ3n) is 2.18. The van der Waals surface area contributed by atoms with Gasteiger partial charge in [-0.15, -0.1) is 11.3 Å². The van der Waals surface area contributed by atoms with Crippen molar-refractivity contribution in [3.63, 3.8) is 0 Å². The van der Waals surface area contributed by atoms with Gasteiger partial charge in [-0.2, -0.15) is 0 Å². The number of nitrogen functional groups attached to an aromatic ring is 1. The normalized spacial score (nSPS) is 11.2. The van der Waals surface area contributed by atoms with Crippen LogP contribution in [0.4, 0.5) is 5.82 Å². The Morgan fingerprint density at radius 1 is 1.47 bits per heavy atom. The van der Waals surface area contributed by atoms with Gasteiger partial charge in [-0.1, -0.05) is 19.0 Å². The van der Waals surface area contributed by atoms with Gasteiger partial charge in [0.15, 0.2) is 11.6 Å². The van der Waals surface area contributed by atoms with Gasteiger partial charge in [0.2, 0.25) is 0 Å². The van der Waals surface area contributed by atoms with Crippen LogP contribution in [-0.4, -0.2) is 10.1 Å². The van der Waals surface area contributed by atoms with Gasteiger partial charge in [0.25, 0.3) is 0 Å². The van der Waals surface area contributed by atoms with E-state index in [9.17, 15) is 0 Å². The Kier molecular flexibility index (Phi) is 2.48. The molecule has 0 aliphatic carbocycles. The molecule has 0 atom stereocenters. The highest BCUT2D eigenvalue weighted by Crippen LogP contribution is 2.33. The molecule has 2 rings (SSSR count). The van der Waals surface area contributed by atoms with Crippen LogP contribution in [0.15, 0.2) is 9.90 Å². The Morgan fingerprint density at radius 2 is 2.20 bits per heavy atom. The minimum Gasteiger partial charge on any atom is -0.381 e. The molecule has 2 aromatic heterocycles. The number of hydrogen-bond donors (Lipinski definition) is 1. The summed E-state index contributed by atoms with van der Waals surface area (Å²) in [7, 11) is 0. The third-order valence-corrected chi connectivity index (χ3v) is 2.96. The van der Waals surface area contributed by atoms with Crippen molar-refractivity contribution in [1.29, 1.82) is 0 Å². The summed E-state index contributed by atoms with van der Waals surface area (Å²) in [6, 6.07) is 0. The number of anilines is 1. The second-order valence-electron chi connectivity index (χ2n) is 3.72. The molecular weight excluding hydrogens is 210 g/mol. The van der Waals surface area contributed by atoms with Gasteiger partial charge in [-0.3, -0.25) is 0 Å². The van der Waals surface area contributed by atoms with Crippen molar-refractivity contribution in [2.45, 2.75) is 26.7 Å². The van der Waals surface area contributed by atoms with E-state index in [1.807, 2.05) is 12.3 Å². The zero-order valence-corrected chi connectivity index (χ0v) is 9.76. The summed E-state index contributed by atoms with van der Waals surface area (Å²) in [4.78, 5) is 4.37. The minimum atomic E-state index is 0.285. The number of aromatic nitrogens is 2. The number of nitrogens with zero attached hydrogens (tertiary/aromatic N) is 2. The average molecular weight is 223 g/mol. The minimum absolute atomic E-state index is 0.285. The van der Waals surface area contributed by atoms with E-state index in [0.717, 1.165) is 16.3 Å². The van der Waals surface area contributed by atoms with Crippen LogP contribution in [0.1, 0.15) is 30.3 Å². The maximum Gasteiger partial charge on any atom is 0.191 e.